The summed E-state index contributed by atoms with van der Waals surface area (Å²) in [5.74, 6) is -1.15. The van der Waals surface area contributed by atoms with Crippen molar-refractivity contribution in [1.82, 2.24) is 10.2 Å². The molecule has 2 unspecified atom stereocenters. The average molecular weight is 514 g/mol. The molecule has 0 aliphatic rings. The van der Waals surface area contributed by atoms with Crippen LogP contribution in [0.25, 0.3) is 0 Å². The number of carbonyl (C=O) groups excluding carboxylic acids is 3. The topological polar surface area (TPSA) is 87.7 Å². The van der Waals surface area contributed by atoms with Crippen LogP contribution < -0.4 is 10.6 Å². The molecule has 0 fully saturated rings. The van der Waals surface area contributed by atoms with Crippen molar-refractivity contribution in [2.45, 2.75) is 59.2 Å². The van der Waals surface area contributed by atoms with E-state index in [1.54, 1.807) is 63.2 Å². The number of amides is 3. The molecule has 0 radical (unpaired) electrons. The molecular weight excluding hydrogens is 478 g/mol. The van der Waals surface area contributed by atoms with Crippen LogP contribution in [0.4, 0.5) is 10.5 Å². The van der Waals surface area contributed by atoms with Crippen molar-refractivity contribution in [2.24, 2.45) is 5.92 Å². The van der Waals surface area contributed by atoms with Crippen LogP contribution >= 0.6 is 11.6 Å². The summed E-state index contributed by atoms with van der Waals surface area (Å²) in [6, 6.07) is 12.4. The van der Waals surface area contributed by atoms with Gasteiger partial charge in [-0.2, -0.15) is 0 Å². The minimum Gasteiger partial charge on any atom is -0.444 e. The molecule has 0 aromatic heterocycles. The molecule has 36 heavy (non-hydrogen) atoms. The van der Waals surface area contributed by atoms with Crippen molar-refractivity contribution in [2.75, 3.05) is 11.9 Å². The zero-order valence-corrected chi connectivity index (χ0v) is 22.6. The number of ether oxygens (including phenoxy) is 1. The van der Waals surface area contributed by atoms with Crippen molar-refractivity contribution in [3.63, 3.8) is 0 Å². The van der Waals surface area contributed by atoms with Gasteiger partial charge in [-0.25, -0.2) is 4.79 Å². The van der Waals surface area contributed by atoms with E-state index in [4.69, 9.17) is 16.3 Å². The summed E-state index contributed by atoms with van der Waals surface area (Å²) in [4.78, 5) is 41.6. The number of para-hydroxylation sites is 1. The second kappa shape index (κ2) is 12.6. The monoisotopic (exact) mass is 513 g/mol. The third-order valence-electron chi connectivity index (χ3n) is 5.36. The van der Waals surface area contributed by atoms with Gasteiger partial charge < -0.3 is 20.3 Å². The fourth-order valence-electron chi connectivity index (χ4n) is 3.68. The largest absolute Gasteiger partial charge is 0.444 e. The van der Waals surface area contributed by atoms with Gasteiger partial charge in [-0.1, -0.05) is 74.0 Å². The lowest BCUT2D eigenvalue weighted by molar-refractivity contribution is -0.141. The zero-order valence-electron chi connectivity index (χ0n) is 21.8. The minimum absolute atomic E-state index is 0.0759. The number of alkyl carbamates (subject to hydrolysis) is 1. The summed E-state index contributed by atoms with van der Waals surface area (Å²) in [7, 11) is 0. The molecule has 8 heteroatoms. The fourth-order valence-corrected chi connectivity index (χ4v) is 3.95. The first kappa shape index (κ1) is 28.9. The van der Waals surface area contributed by atoms with E-state index in [1.807, 2.05) is 32.9 Å². The predicted octanol–water partition coefficient (Wildman–Crippen LogP) is 5.89. The maximum atomic E-state index is 13.9. The van der Waals surface area contributed by atoms with Crippen molar-refractivity contribution >= 4 is 35.2 Å². The van der Waals surface area contributed by atoms with Gasteiger partial charge >= 0.3 is 6.09 Å². The number of halogens is 1. The predicted molar refractivity (Wildman–Crippen MR) is 144 cm³/mol. The van der Waals surface area contributed by atoms with E-state index in [9.17, 15) is 14.4 Å². The molecule has 194 valence electrons. The molecular formula is C28H36ClN3O4. The number of rotatable bonds is 9. The van der Waals surface area contributed by atoms with Gasteiger partial charge in [0.25, 0.3) is 5.91 Å². The zero-order chi connectivity index (χ0) is 27.0. The maximum Gasteiger partial charge on any atom is 0.408 e. The van der Waals surface area contributed by atoms with E-state index < -0.39 is 35.6 Å². The van der Waals surface area contributed by atoms with Gasteiger partial charge in [-0.15, -0.1) is 6.58 Å². The number of anilines is 1. The lowest BCUT2D eigenvalue weighted by Crippen LogP contribution is -2.54. The average Bonchev–Trinajstić information content (AvgIpc) is 2.78. The number of nitrogens with one attached hydrogen (secondary N) is 2. The second-order valence-electron chi connectivity index (χ2n) is 9.88. The van der Waals surface area contributed by atoms with Crippen LogP contribution in [0.5, 0.6) is 0 Å². The first-order valence-corrected chi connectivity index (χ1v) is 12.2. The number of nitrogens with zero attached hydrogens (tertiary/aromatic N) is 1. The van der Waals surface area contributed by atoms with E-state index in [0.29, 0.717) is 16.3 Å². The first-order valence-electron chi connectivity index (χ1n) is 11.9. The number of carbonyl (C=O) groups is 3. The lowest BCUT2D eigenvalue weighted by Gasteiger charge is -2.35. The molecule has 3 amide bonds. The fraction of sp³-hybridized carbons (Fsp3) is 0.393. The Hall–Kier alpha value is -3.32. The molecule has 0 spiro atoms. The molecule has 2 N–H and O–H groups in total. The van der Waals surface area contributed by atoms with Gasteiger partial charge in [0.05, 0.1) is 10.7 Å². The van der Waals surface area contributed by atoms with E-state index in [0.717, 1.165) is 5.56 Å². The van der Waals surface area contributed by atoms with Crippen molar-refractivity contribution < 1.29 is 19.1 Å². The third-order valence-corrected chi connectivity index (χ3v) is 5.67. The lowest BCUT2D eigenvalue weighted by atomic mass is 9.98. The summed E-state index contributed by atoms with van der Waals surface area (Å²) < 4.78 is 5.37. The smallest absolute Gasteiger partial charge is 0.408 e. The van der Waals surface area contributed by atoms with Crippen molar-refractivity contribution in [1.29, 1.82) is 0 Å². The summed E-state index contributed by atoms with van der Waals surface area (Å²) >= 11 is 6.36. The van der Waals surface area contributed by atoms with Crippen LogP contribution in [0.15, 0.2) is 61.2 Å². The van der Waals surface area contributed by atoms with E-state index in [2.05, 4.69) is 17.2 Å². The van der Waals surface area contributed by atoms with Crippen LogP contribution in [-0.4, -0.2) is 41.0 Å². The van der Waals surface area contributed by atoms with E-state index in [1.165, 1.54) is 4.90 Å². The standard InChI is InChI=1S/C28H36ClN3O4/c1-8-17-32(26(34)22(18(2)3)31-27(35)36-28(5,6)7)24(20-14-10-9-11-15-20)25(33)30-23-19(4)13-12-16-21(23)29/h8-16,18,22,24H,1,17H2,2-7H3,(H,30,33)(H,31,35). The summed E-state index contributed by atoms with van der Waals surface area (Å²) in [6.07, 6.45) is 0.840. The van der Waals surface area contributed by atoms with Gasteiger partial charge in [-0.05, 0) is 50.8 Å². The molecule has 7 nitrogen and oxygen atoms in total. The van der Waals surface area contributed by atoms with Gasteiger partial charge in [0.15, 0.2) is 0 Å². The Balaban J connectivity index is 2.49. The van der Waals surface area contributed by atoms with Gasteiger partial charge in [0.2, 0.25) is 5.91 Å². The molecule has 0 saturated carbocycles. The molecule has 2 rings (SSSR count). The Morgan fingerprint density at radius 3 is 2.25 bits per heavy atom. The summed E-state index contributed by atoms with van der Waals surface area (Å²) in [5, 5.41) is 5.98. The SMILES string of the molecule is C=CCN(C(=O)C(NC(=O)OC(C)(C)C)C(C)C)C(C(=O)Nc1c(C)cccc1Cl)c1ccccc1. The quantitative estimate of drug-likeness (QED) is 0.409. The third kappa shape index (κ3) is 7.85. The van der Waals surface area contributed by atoms with Crippen LogP contribution in [0, 0.1) is 12.8 Å². The maximum absolute atomic E-state index is 13.9. The molecule has 2 aromatic rings. The molecule has 2 aromatic carbocycles. The molecule has 0 aliphatic carbocycles. The highest BCUT2D eigenvalue weighted by atomic mass is 35.5. The summed E-state index contributed by atoms with van der Waals surface area (Å²) in [6.45, 7) is 14.6. The van der Waals surface area contributed by atoms with Gasteiger partial charge in [0, 0.05) is 6.54 Å². The molecule has 0 saturated heterocycles. The molecule has 2 atom stereocenters. The van der Waals surface area contributed by atoms with Crippen LogP contribution in [-0.2, 0) is 14.3 Å². The minimum atomic E-state index is -1.01. The second-order valence-corrected chi connectivity index (χ2v) is 10.3. The van der Waals surface area contributed by atoms with Gasteiger partial charge in [0.1, 0.15) is 17.7 Å². The van der Waals surface area contributed by atoms with E-state index in [-0.39, 0.29) is 12.5 Å². The Kier molecular flexibility index (Phi) is 10.1. The van der Waals surface area contributed by atoms with E-state index >= 15 is 0 Å². The molecule has 0 heterocycles. The summed E-state index contributed by atoms with van der Waals surface area (Å²) in [5.41, 5.74) is 1.14. The van der Waals surface area contributed by atoms with Crippen LogP contribution in [0.1, 0.15) is 51.8 Å². The molecule has 0 aliphatic heterocycles. The Labute approximate surface area is 218 Å². The van der Waals surface area contributed by atoms with Crippen LogP contribution in [0.2, 0.25) is 5.02 Å². The van der Waals surface area contributed by atoms with Crippen molar-refractivity contribution in [3.8, 4) is 0 Å². The van der Waals surface area contributed by atoms with Crippen molar-refractivity contribution in [3.05, 3.63) is 77.3 Å². The normalized spacial score (nSPS) is 12.9. The van der Waals surface area contributed by atoms with Crippen LogP contribution in [0.3, 0.4) is 0 Å². The number of hydrogen-bond donors (Lipinski definition) is 2. The highest BCUT2D eigenvalue weighted by molar-refractivity contribution is 6.34. The Morgan fingerprint density at radius 2 is 1.72 bits per heavy atom. The highest BCUT2D eigenvalue weighted by Crippen LogP contribution is 2.29. The Bertz CT molecular complexity index is 1060. The van der Waals surface area contributed by atoms with Gasteiger partial charge in [-0.3, -0.25) is 9.59 Å². The number of benzene rings is 2. The number of aryl methyl sites for hydroxylation is 1. The molecule has 0 bridgehead atoms. The Morgan fingerprint density at radius 1 is 1.08 bits per heavy atom. The highest BCUT2D eigenvalue weighted by Gasteiger charge is 2.37. The first-order chi connectivity index (χ1) is 16.9. The number of hydrogen-bond acceptors (Lipinski definition) is 4.